The summed E-state index contributed by atoms with van der Waals surface area (Å²) in [6.07, 6.45) is 11.1. The maximum Gasteiger partial charge on any atom is 0.333 e. The third-order valence-corrected chi connectivity index (χ3v) is 2.79. The van der Waals surface area contributed by atoms with Gasteiger partial charge in [0.05, 0.1) is 6.61 Å². The summed E-state index contributed by atoms with van der Waals surface area (Å²) in [5.74, 6) is -0.111. The molecule has 0 radical (unpaired) electrons. The van der Waals surface area contributed by atoms with E-state index in [1.807, 2.05) is 6.92 Å². The van der Waals surface area contributed by atoms with Crippen LogP contribution in [0.25, 0.3) is 0 Å². The van der Waals surface area contributed by atoms with Gasteiger partial charge in [0, 0.05) is 5.57 Å². The van der Waals surface area contributed by atoms with Crippen molar-refractivity contribution in [2.45, 2.75) is 72.1 Å². The Hall–Kier alpha value is -0.790. The van der Waals surface area contributed by atoms with Crippen molar-refractivity contribution in [1.29, 1.82) is 0 Å². The first-order chi connectivity index (χ1) is 8.26. The second kappa shape index (κ2) is 11.7. The van der Waals surface area contributed by atoms with E-state index in [9.17, 15) is 4.79 Å². The molecular weight excluding hydrogens is 212 g/mol. The maximum absolute atomic E-state index is 11.7. The van der Waals surface area contributed by atoms with Gasteiger partial charge in [0.2, 0.25) is 0 Å². The van der Waals surface area contributed by atoms with Gasteiger partial charge in [-0.15, -0.1) is 0 Å². The Morgan fingerprint density at radius 2 is 1.65 bits per heavy atom. The van der Waals surface area contributed by atoms with E-state index in [1.165, 1.54) is 32.1 Å². The molecule has 0 atom stereocenters. The summed E-state index contributed by atoms with van der Waals surface area (Å²) < 4.78 is 5.08. The van der Waals surface area contributed by atoms with Gasteiger partial charge in [0.25, 0.3) is 0 Å². The molecule has 0 aliphatic rings. The molecule has 2 nitrogen and oxygen atoms in total. The standard InChI is InChI=1S/C15H28O2/c1-4-7-9-11-13-14(12-10-8-5-2)15(16)17-6-3/h13H,4-12H2,1-3H3/b14-13-. The number of esters is 1. The SMILES string of the molecule is CCCCC/C=C(/CCCCC)C(=O)OCC. The van der Waals surface area contributed by atoms with Crippen LogP contribution < -0.4 is 0 Å². The minimum Gasteiger partial charge on any atom is -0.463 e. The second-order valence-electron chi connectivity index (χ2n) is 4.40. The Balaban J connectivity index is 4.12. The first kappa shape index (κ1) is 16.2. The summed E-state index contributed by atoms with van der Waals surface area (Å²) in [5.41, 5.74) is 0.886. The lowest BCUT2D eigenvalue weighted by molar-refractivity contribution is -0.138. The van der Waals surface area contributed by atoms with Crippen molar-refractivity contribution in [3.05, 3.63) is 11.6 Å². The summed E-state index contributed by atoms with van der Waals surface area (Å²) >= 11 is 0. The molecule has 0 fully saturated rings. The van der Waals surface area contributed by atoms with Crippen LogP contribution in [-0.2, 0) is 9.53 Å². The fraction of sp³-hybridized carbons (Fsp3) is 0.800. The summed E-state index contributed by atoms with van der Waals surface area (Å²) in [7, 11) is 0. The number of hydrogen-bond acceptors (Lipinski definition) is 2. The third kappa shape index (κ3) is 8.96. The number of hydrogen-bond donors (Lipinski definition) is 0. The monoisotopic (exact) mass is 240 g/mol. The van der Waals surface area contributed by atoms with Crippen LogP contribution in [0.4, 0.5) is 0 Å². The average molecular weight is 240 g/mol. The van der Waals surface area contributed by atoms with Gasteiger partial charge in [0.15, 0.2) is 0 Å². The van der Waals surface area contributed by atoms with E-state index in [2.05, 4.69) is 19.9 Å². The van der Waals surface area contributed by atoms with Crippen molar-refractivity contribution in [3.63, 3.8) is 0 Å². The normalized spacial score (nSPS) is 11.6. The van der Waals surface area contributed by atoms with Gasteiger partial charge in [-0.2, -0.15) is 0 Å². The van der Waals surface area contributed by atoms with Gasteiger partial charge >= 0.3 is 5.97 Å². The zero-order chi connectivity index (χ0) is 12.9. The highest BCUT2D eigenvalue weighted by Crippen LogP contribution is 2.13. The number of unbranched alkanes of at least 4 members (excludes halogenated alkanes) is 5. The van der Waals surface area contributed by atoms with Crippen LogP contribution in [-0.4, -0.2) is 12.6 Å². The summed E-state index contributed by atoms with van der Waals surface area (Å²) in [6, 6.07) is 0. The number of carbonyl (C=O) groups is 1. The third-order valence-electron chi connectivity index (χ3n) is 2.79. The number of ether oxygens (including phenoxy) is 1. The number of rotatable bonds is 10. The predicted octanol–water partition coefficient (Wildman–Crippen LogP) is 4.64. The fourth-order valence-electron chi connectivity index (χ4n) is 1.75. The molecule has 2 heteroatoms. The fourth-order valence-corrected chi connectivity index (χ4v) is 1.75. The van der Waals surface area contributed by atoms with Crippen molar-refractivity contribution in [1.82, 2.24) is 0 Å². The van der Waals surface area contributed by atoms with E-state index < -0.39 is 0 Å². The summed E-state index contributed by atoms with van der Waals surface area (Å²) in [5, 5.41) is 0. The zero-order valence-corrected chi connectivity index (χ0v) is 11.8. The lowest BCUT2D eigenvalue weighted by Gasteiger charge is -2.07. The molecule has 0 saturated carbocycles. The van der Waals surface area contributed by atoms with Gasteiger partial charge in [-0.3, -0.25) is 0 Å². The highest BCUT2D eigenvalue weighted by Gasteiger charge is 2.09. The highest BCUT2D eigenvalue weighted by molar-refractivity contribution is 5.88. The van der Waals surface area contributed by atoms with Crippen LogP contribution >= 0.6 is 0 Å². The first-order valence-corrected chi connectivity index (χ1v) is 7.12. The maximum atomic E-state index is 11.7. The van der Waals surface area contributed by atoms with Crippen LogP contribution in [0.3, 0.4) is 0 Å². The van der Waals surface area contributed by atoms with Gasteiger partial charge in [-0.25, -0.2) is 4.79 Å². The quantitative estimate of drug-likeness (QED) is 0.316. The second-order valence-corrected chi connectivity index (χ2v) is 4.40. The molecule has 0 heterocycles. The zero-order valence-electron chi connectivity index (χ0n) is 11.8. The molecule has 0 aromatic heterocycles. The minimum absolute atomic E-state index is 0.111. The molecule has 100 valence electrons. The smallest absolute Gasteiger partial charge is 0.333 e. The van der Waals surface area contributed by atoms with Gasteiger partial charge in [-0.05, 0) is 32.6 Å². The number of allylic oxidation sites excluding steroid dienone is 1. The van der Waals surface area contributed by atoms with Crippen LogP contribution in [0, 0.1) is 0 Å². The molecule has 0 rings (SSSR count). The van der Waals surface area contributed by atoms with Crippen molar-refractivity contribution in [2.24, 2.45) is 0 Å². The molecular formula is C15H28O2. The largest absolute Gasteiger partial charge is 0.463 e. The summed E-state index contributed by atoms with van der Waals surface area (Å²) in [6.45, 7) is 6.70. The Morgan fingerprint density at radius 1 is 1.00 bits per heavy atom. The van der Waals surface area contributed by atoms with E-state index >= 15 is 0 Å². The van der Waals surface area contributed by atoms with E-state index in [4.69, 9.17) is 4.74 Å². The molecule has 17 heavy (non-hydrogen) atoms. The van der Waals surface area contributed by atoms with Gasteiger partial charge < -0.3 is 4.74 Å². The minimum atomic E-state index is -0.111. The van der Waals surface area contributed by atoms with Crippen LogP contribution in [0.2, 0.25) is 0 Å². The number of carbonyl (C=O) groups excluding carboxylic acids is 1. The van der Waals surface area contributed by atoms with E-state index in [1.54, 1.807) is 0 Å². The van der Waals surface area contributed by atoms with Crippen molar-refractivity contribution < 1.29 is 9.53 Å². The van der Waals surface area contributed by atoms with Crippen molar-refractivity contribution in [2.75, 3.05) is 6.61 Å². The van der Waals surface area contributed by atoms with Gasteiger partial charge in [-0.1, -0.05) is 45.6 Å². The Morgan fingerprint density at radius 3 is 2.24 bits per heavy atom. The lowest BCUT2D eigenvalue weighted by Crippen LogP contribution is -2.08. The summed E-state index contributed by atoms with van der Waals surface area (Å²) in [4.78, 5) is 11.7. The van der Waals surface area contributed by atoms with Crippen molar-refractivity contribution in [3.8, 4) is 0 Å². The first-order valence-electron chi connectivity index (χ1n) is 7.12. The highest BCUT2D eigenvalue weighted by atomic mass is 16.5. The Kier molecular flexibility index (Phi) is 11.1. The topological polar surface area (TPSA) is 26.3 Å². The molecule has 0 amide bonds. The molecule has 0 aliphatic heterocycles. The Bertz CT molecular complexity index is 219. The molecule has 0 aromatic carbocycles. The molecule has 0 N–H and O–H groups in total. The van der Waals surface area contributed by atoms with E-state index in [-0.39, 0.29) is 5.97 Å². The molecule has 0 aliphatic carbocycles. The van der Waals surface area contributed by atoms with E-state index in [0.717, 1.165) is 24.8 Å². The molecule has 0 unspecified atom stereocenters. The van der Waals surface area contributed by atoms with Crippen LogP contribution in [0.15, 0.2) is 11.6 Å². The predicted molar refractivity (Wildman–Crippen MR) is 73.0 cm³/mol. The van der Waals surface area contributed by atoms with Crippen molar-refractivity contribution >= 4 is 5.97 Å². The van der Waals surface area contributed by atoms with E-state index in [0.29, 0.717) is 6.61 Å². The molecule has 0 saturated heterocycles. The van der Waals surface area contributed by atoms with Crippen LogP contribution in [0.5, 0.6) is 0 Å². The van der Waals surface area contributed by atoms with Crippen LogP contribution in [0.1, 0.15) is 72.1 Å². The molecule has 0 aromatic rings. The lowest BCUT2D eigenvalue weighted by atomic mass is 10.1. The van der Waals surface area contributed by atoms with Gasteiger partial charge in [0.1, 0.15) is 0 Å². The Labute approximate surface area is 106 Å². The molecule has 0 spiro atoms. The molecule has 0 bridgehead atoms. The average Bonchev–Trinajstić information content (AvgIpc) is 2.32.